The second-order valence-corrected chi connectivity index (χ2v) is 4.06. The molecular formula is C13H10N4O. The first kappa shape index (κ1) is 10.5. The fourth-order valence-corrected chi connectivity index (χ4v) is 1.98. The van der Waals surface area contributed by atoms with E-state index in [-0.39, 0.29) is 17.5 Å². The molecule has 1 aromatic carbocycles. The number of ether oxygens (including phenoxy) is 1. The summed E-state index contributed by atoms with van der Waals surface area (Å²) in [6.07, 6.45) is 1.93. The highest BCUT2D eigenvalue weighted by molar-refractivity contribution is 5.47. The minimum Gasteiger partial charge on any atom is -0.482 e. The van der Waals surface area contributed by atoms with Gasteiger partial charge in [0.25, 0.3) is 0 Å². The summed E-state index contributed by atoms with van der Waals surface area (Å²) < 4.78 is 5.76. The van der Waals surface area contributed by atoms with Crippen LogP contribution in [0.2, 0.25) is 0 Å². The van der Waals surface area contributed by atoms with Gasteiger partial charge in [0.05, 0.1) is 6.20 Å². The zero-order valence-corrected chi connectivity index (χ0v) is 9.50. The fourth-order valence-electron chi connectivity index (χ4n) is 1.98. The Balaban J connectivity index is 1.91. The van der Waals surface area contributed by atoms with E-state index < -0.39 is 0 Å². The molecule has 0 spiro atoms. The van der Waals surface area contributed by atoms with Crippen LogP contribution in [0.3, 0.4) is 0 Å². The van der Waals surface area contributed by atoms with Crippen molar-refractivity contribution in [3.63, 3.8) is 0 Å². The van der Waals surface area contributed by atoms with E-state index in [9.17, 15) is 0 Å². The number of fused-ring (bicyclic) bond motifs is 1. The molecule has 2 N–H and O–H groups in total. The number of hydrogen-bond acceptors (Lipinski definition) is 5. The van der Waals surface area contributed by atoms with E-state index in [0.717, 1.165) is 17.7 Å². The number of benzene rings is 1. The molecule has 0 amide bonds. The molecule has 0 saturated heterocycles. The number of para-hydroxylation sites is 1. The highest BCUT2D eigenvalue weighted by Crippen LogP contribution is 2.35. The van der Waals surface area contributed by atoms with Crippen LogP contribution in [0.15, 0.2) is 30.5 Å². The van der Waals surface area contributed by atoms with Gasteiger partial charge in [0.15, 0.2) is 11.9 Å². The SMILES string of the molecule is N#Cc1cnc(C2Cc3ccccc3O2)nc1N. The average molecular weight is 238 g/mol. The molecule has 5 nitrogen and oxygen atoms in total. The summed E-state index contributed by atoms with van der Waals surface area (Å²) >= 11 is 0. The van der Waals surface area contributed by atoms with E-state index in [1.54, 1.807) is 0 Å². The van der Waals surface area contributed by atoms with Gasteiger partial charge in [-0.3, -0.25) is 0 Å². The number of nitrogen functional groups attached to an aromatic ring is 1. The van der Waals surface area contributed by atoms with Gasteiger partial charge in [-0.15, -0.1) is 0 Å². The molecule has 1 aromatic heterocycles. The minimum absolute atomic E-state index is 0.196. The third-order valence-electron chi connectivity index (χ3n) is 2.89. The van der Waals surface area contributed by atoms with Crippen LogP contribution in [0.4, 0.5) is 5.82 Å². The lowest BCUT2D eigenvalue weighted by Crippen LogP contribution is -2.10. The molecule has 0 radical (unpaired) electrons. The Kier molecular flexibility index (Phi) is 2.34. The fraction of sp³-hybridized carbons (Fsp3) is 0.154. The molecule has 0 aliphatic carbocycles. The molecule has 18 heavy (non-hydrogen) atoms. The number of rotatable bonds is 1. The summed E-state index contributed by atoms with van der Waals surface area (Å²) in [5, 5.41) is 8.78. The summed E-state index contributed by atoms with van der Waals surface area (Å²) in [4.78, 5) is 8.26. The van der Waals surface area contributed by atoms with Crippen molar-refractivity contribution in [1.29, 1.82) is 5.26 Å². The van der Waals surface area contributed by atoms with Gasteiger partial charge in [-0.25, -0.2) is 9.97 Å². The van der Waals surface area contributed by atoms with Crippen molar-refractivity contribution in [2.24, 2.45) is 0 Å². The quantitative estimate of drug-likeness (QED) is 0.815. The second-order valence-electron chi connectivity index (χ2n) is 4.06. The molecule has 3 rings (SSSR count). The number of aromatic nitrogens is 2. The van der Waals surface area contributed by atoms with Gasteiger partial charge in [0.1, 0.15) is 23.2 Å². The molecule has 1 aliphatic heterocycles. The Morgan fingerprint density at radius 2 is 2.22 bits per heavy atom. The highest BCUT2D eigenvalue weighted by Gasteiger charge is 2.26. The average Bonchev–Trinajstić information content (AvgIpc) is 2.82. The Morgan fingerprint density at radius 3 is 2.94 bits per heavy atom. The summed E-state index contributed by atoms with van der Waals surface area (Å²) in [6.45, 7) is 0. The third kappa shape index (κ3) is 1.64. The van der Waals surface area contributed by atoms with Gasteiger partial charge in [-0.05, 0) is 11.6 Å². The topological polar surface area (TPSA) is 84.8 Å². The lowest BCUT2D eigenvalue weighted by Gasteiger charge is -2.09. The molecule has 1 aliphatic rings. The normalized spacial score (nSPS) is 16.7. The Hall–Kier alpha value is -2.61. The minimum atomic E-state index is -0.225. The van der Waals surface area contributed by atoms with Gasteiger partial charge < -0.3 is 10.5 Å². The van der Waals surface area contributed by atoms with Crippen molar-refractivity contribution in [1.82, 2.24) is 9.97 Å². The molecule has 2 heterocycles. The molecule has 0 bridgehead atoms. The predicted molar refractivity (Wildman–Crippen MR) is 64.7 cm³/mol. The molecule has 88 valence electrons. The standard InChI is InChI=1S/C13H10N4O/c14-6-9-7-16-13(17-12(9)15)11-5-8-3-1-2-4-10(8)18-11/h1-4,7,11H,5H2,(H2,15,16,17). The number of nitrogens with zero attached hydrogens (tertiary/aromatic N) is 3. The van der Waals surface area contributed by atoms with Crippen LogP contribution >= 0.6 is 0 Å². The second kappa shape index (κ2) is 4.00. The van der Waals surface area contributed by atoms with E-state index in [0.29, 0.717) is 5.82 Å². The summed E-state index contributed by atoms with van der Waals surface area (Å²) in [5.74, 6) is 1.57. The van der Waals surface area contributed by atoms with Gasteiger partial charge >= 0.3 is 0 Å². The first-order chi connectivity index (χ1) is 8.78. The van der Waals surface area contributed by atoms with Crippen molar-refractivity contribution in [3.8, 4) is 11.8 Å². The molecular weight excluding hydrogens is 228 g/mol. The van der Waals surface area contributed by atoms with Crippen LogP contribution in [0.1, 0.15) is 23.1 Å². The van der Waals surface area contributed by atoms with E-state index >= 15 is 0 Å². The Morgan fingerprint density at radius 1 is 1.39 bits per heavy atom. The monoisotopic (exact) mass is 238 g/mol. The molecule has 2 aromatic rings. The van der Waals surface area contributed by atoms with Gasteiger partial charge in [0.2, 0.25) is 0 Å². The predicted octanol–water partition coefficient (Wildman–Crippen LogP) is 1.61. The van der Waals surface area contributed by atoms with Crippen molar-refractivity contribution in [2.75, 3.05) is 5.73 Å². The number of nitrogens with two attached hydrogens (primary N) is 1. The lowest BCUT2D eigenvalue weighted by atomic mass is 10.1. The maximum absolute atomic E-state index is 8.78. The molecule has 1 atom stereocenters. The van der Waals surface area contributed by atoms with Crippen LogP contribution in [-0.4, -0.2) is 9.97 Å². The zero-order valence-electron chi connectivity index (χ0n) is 9.50. The Bertz CT molecular complexity index is 623. The van der Waals surface area contributed by atoms with E-state index in [2.05, 4.69) is 9.97 Å². The van der Waals surface area contributed by atoms with Crippen LogP contribution in [0.5, 0.6) is 5.75 Å². The first-order valence-electron chi connectivity index (χ1n) is 5.55. The lowest BCUT2D eigenvalue weighted by molar-refractivity contribution is 0.227. The number of nitriles is 1. The molecule has 5 heteroatoms. The van der Waals surface area contributed by atoms with Crippen molar-refractivity contribution < 1.29 is 4.74 Å². The summed E-state index contributed by atoms with van der Waals surface area (Å²) in [7, 11) is 0. The van der Waals surface area contributed by atoms with Crippen molar-refractivity contribution in [3.05, 3.63) is 47.4 Å². The third-order valence-corrected chi connectivity index (χ3v) is 2.89. The Labute approximate surface area is 104 Å². The molecule has 1 unspecified atom stereocenters. The van der Waals surface area contributed by atoms with Crippen LogP contribution in [-0.2, 0) is 6.42 Å². The first-order valence-corrected chi connectivity index (χ1v) is 5.55. The van der Waals surface area contributed by atoms with Crippen molar-refractivity contribution >= 4 is 5.82 Å². The van der Waals surface area contributed by atoms with Crippen LogP contribution in [0, 0.1) is 11.3 Å². The highest BCUT2D eigenvalue weighted by atomic mass is 16.5. The molecule has 0 saturated carbocycles. The van der Waals surface area contributed by atoms with Crippen LogP contribution < -0.4 is 10.5 Å². The van der Waals surface area contributed by atoms with E-state index in [1.165, 1.54) is 6.20 Å². The largest absolute Gasteiger partial charge is 0.482 e. The zero-order chi connectivity index (χ0) is 12.5. The molecule has 0 fully saturated rings. The van der Waals surface area contributed by atoms with E-state index in [4.69, 9.17) is 15.7 Å². The smallest absolute Gasteiger partial charge is 0.171 e. The number of anilines is 1. The van der Waals surface area contributed by atoms with Gasteiger partial charge in [0, 0.05) is 6.42 Å². The van der Waals surface area contributed by atoms with Gasteiger partial charge in [-0.2, -0.15) is 5.26 Å². The maximum Gasteiger partial charge on any atom is 0.171 e. The van der Waals surface area contributed by atoms with E-state index in [1.807, 2.05) is 30.3 Å². The van der Waals surface area contributed by atoms with Gasteiger partial charge in [-0.1, -0.05) is 18.2 Å². The summed E-state index contributed by atoms with van der Waals surface area (Å²) in [5.41, 5.74) is 7.10. The maximum atomic E-state index is 8.78. The van der Waals surface area contributed by atoms with Crippen LogP contribution in [0.25, 0.3) is 0 Å². The van der Waals surface area contributed by atoms with Crippen molar-refractivity contribution in [2.45, 2.75) is 12.5 Å². The summed E-state index contributed by atoms with van der Waals surface area (Å²) in [6, 6.07) is 9.77. The number of hydrogen-bond donors (Lipinski definition) is 1.